The number of rotatable bonds is 4. The van der Waals surface area contributed by atoms with Crippen LogP contribution in [-0.4, -0.2) is 46.7 Å². The maximum atomic E-state index is 14.1. The second-order valence-electron chi connectivity index (χ2n) is 8.54. The molecule has 5 rings (SSSR count). The third kappa shape index (κ3) is 3.57. The summed E-state index contributed by atoms with van der Waals surface area (Å²) in [6.45, 7) is 1.05. The van der Waals surface area contributed by atoms with Gasteiger partial charge in [-0.3, -0.25) is 19.9 Å². The highest BCUT2D eigenvalue weighted by Crippen LogP contribution is 2.37. The van der Waals surface area contributed by atoms with Crippen molar-refractivity contribution < 1.29 is 9.59 Å². The van der Waals surface area contributed by atoms with Gasteiger partial charge in [-0.15, -0.1) is 0 Å². The highest BCUT2D eigenvalue weighted by atomic mass is 16.2. The fourth-order valence-corrected chi connectivity index (χ4v) is 4.97. The molecule has 2 amide bonds. The second kappa shape index (κ2) is 8.54. The van der Waals surface area contributed by atoms with E-state index in [1.54, 1.807) is 9.80 Å². The van der Waals surface area contributed by atoms with Crippen LogP contribution < -0.4 is 5.32 Å². The first-order valence-corrected chi connectivity index (χ1v) is 11.3. The molecule has 0 saturated carbocycles. The van der Waals surface area contributed by atoms with Crippen LogP contribution in [0, 0.1) is 5.41 Å². The third-order valence-corrected chi connectivity index (χ3v) is 6.57. The van der Waals surface area contributed by atoms with E-state index in [1.165, 1.54) is 0 Å². The van der Waals surface area contributed by atoms with Gasteiger partial charge in [0.2, 0.25) is 0 Å². The Morgan fingerprint density at radius 3 is 2.00 bits per heavy atom. The van der Waals surface area contributed by atoms with Gasteiger partial charge >= 0.3 is 0 Å². The Labute approximate surface area is 193 Å². The first-order valence-electron chi connectivity index (χ1n) is 11.3. The summed E-state index contributed by atoms with van der Waals surface area (Å²) in [6.07, 6.45) is 1.53. The average molecular weight is 439 g/mol. The maximum Gasteiger partial charge on any atom is 0.264 e. The van der Waals surface area contributed by atoms with E-state index in [-0.39, 0.29) is 23.8 Å². The van der Waals surface area contributed by atoms with E-state index in [0.717, 1.165) is 24.0 Å². The van der Waals surface area contributed by atoms with Gasteiger partial charge in [0.15, 0.2) is 11.5 Å². The van der Waals surface area contributed by atoms with Gasteiger partial charge in [0.25, 0.3) is 11.8 Å². The number of likely N-dealkylation sites (tertiary alicyclic amines) is 1. The highest BCUT2D eigenvalue weighted by molar-refractivity contribution is 6.10. The van der Waals surface area contributed by atoms with Crippen molar-refractivity contribution in [3.63, 3.8) is 0 Å². The summed E-state index contributed by atoms with van der Waals surface area (Å²) in [7, 11) is 0. The molecule has 0 radical (unpaired) electrons. The molecule has 2 fully saturated rings. The SMILES string of the molecule is N=C1NC(c2ccccc2)(c2ccccc2)C(=O)N1C1CCCN(C(=O)c2ccccc2)C1. The fourth-order valence-electron chi connectivity index (χ4n) is 4.97. The van der Waals surface area contributed by atoms with Crippen LogP contribution in [0.3, 0.4) is 0 Å². The molecule has 0 bridgehead atoms. The van der Waals surface area contributed by atoms with Crippen molar-refractivity contribution in [2.75, 3.05) is 13.1 Å². The molecule has 3 aromatic rings. The summed E-state index contributed by atoms with van der Waals surface area (Å²) < 4.78 is 0. The normalized spacial score (nSPS) is 19.9. The van der Waals surface area contributed by atoms with Crippen LogP contribution in [-0.2, 0) is 10.3 Å². The lowest BCUT2D eigenvalue weighted by atomic mass is 9.82. The van der Waals surface area contributed by atoms with E-state index in [4.69, 9.17) is 5.41 Å². The quantitative estimate of drug-likeness (QED) is 0.654. The molecule has 1 unspecified atom stereocenters. The van der Waals surface area contributed by atoms with E-state index in [9.17, 15) is 9.59 Å². The molecule has 6 heteroatoms. The van der Waals surface area contributed by atoms with Crippen molar-refractivity contribution in [1.82, 2.24) is 15.1 Å². The van der Waals surface area contributed by atoms with E-state index >= 15 is 0 Å². The van der Waals surface area contributed by atoms with E-state index in [2.05, 4.69) is 5.32 Å². The standard InChI is InChI=1S/C27H26N4O2/c28-26-29-27(21-13-6-2-7-14-21,22-15-8-3-9-16-22)25(33)31(26)23-17-10-18-30(19-23)24(32)20-11-4-1-5-12-20/h1-9,11-16,23H,10,17-19H2,(H2,28,29). The van der Waals surface area contributed by atoms with Gasteiger partial charge in [0.1, 0.15) is 0 Å². The van der Waals surface area contributed by atoms with Crippen molar-refractivity contribution in [3.05, 3.63) is 108 Å². The third-order valence-electron chi connectivity index (χ3n) is 6.57. The maximum absolute atomic E-state index is 14.1. The van der Waals surface area contributed by atoms with Crippen LogP contribution in [0.5, 0.6) is 0 Å². The lowest BCUT2D eigenvalue weighted by Gasteiger charge is -2.37. The molecule has 166 valence electrons. The number of nitrogens with one attached hydrogen (secondary N) is 2. The number of carbonyl (C=O) groups is 2. The van der Waals surface area contributed by atoms with E-state index in [1.807, 2.05) is 91.0 Å². The minimum atomic E-state index is -1.16. The summed E-state index contributed by atoms with van der Waals surface area (Å²) in [4.78, 5) is 30.5. The topological polar surface area (TPSA) is 76.5 Å². The zero-order valence-electron chi connectivity index (χ0n) is 18.3. The van der Waals surface area contributed by atoms with Gasteiger partial charge in [-0.05, 0) is 36.1 Å². The van der Waals surface area contributed by atoms with E-state index in [0.29, 0.717) is 18.7 Å². The summed E-state index contributed by atoms with van der Waals surface area (Å²) in [5.41, 5.74) is 1.07. The molecule has 0 aliphatic carbocycles. The largest absolute Gasteiger partial charge is 0.337 e. The predicted octanol–water partition coefficient (Wildman–Crippen LogP) is 3.60. The Balaban J connectivity index is 1.48. The van der Waals surface area contributed by atoms with Crippen molar-refractivity contribution >= 4 is 17.8 Å². The number of guanidine groups is 1. The van der Waals surface area contributed by atoms with Gasteiger partial charge in [-0.25, -0.2) is 0 Å². The van der Waals surface area contributed by atoms with Crippen molar-refractivity contribution in [2.24, 2.45) is 0 Å². The van der Waals surface area contributed by atoms with Gasteiger partial charge in [0.05, 0.1) is 6.04 Å². The average Bonchev–Trinajstić information content (AvgIpc) is 3.16. The van der Waals surface area contributed by atoms with Crippen LogP contribution in [0.15, 0.2) is 91.0 Å². The molecule has 1 atom stereocenters. The summed E-state index contributed by atoms with van der Waals surface area (Å²) in [6, 6.07) is 28.1. The molecule has 3 aromatic carbocycles. The van der Waals surface area contributed by atoms with Crippen LogP contribution in [0.2, 0.25) is 0 Å². The number of nitrogens with zero attached hydrogens (tertiary/aromatic N) is 2. The molecular formula is C27H26N4O2. The van der Waals surface area contributed by atoms with Gasteiger partial charge in [0, 0.05) is 18.7 Å². The van der Waals surface area contributed by atoms with Gasteiger partial charge in [-0.1, -0.05) is 78.9 Å². The second-order valence-corrected chi connectivity index (χ2v) is 8.54. The zero-order valence-corrected chi connectivity index (χ0v) is 18.3. The van der Waals surface area contributed by atoms with Crippen LogP contribution in [0.1, 0.15) is 34.3 Å². The van der Waals surface area contributed by atoms with Crippen LogP contribution in [0.25, 0.3) is 0 Å². The lowest BCUT2D eigenvalue weighted by molar-refractivity contribution is -0.132. The molecular weight excluding hydrogens is 412 g/mol. The summed E-state index contributed by atoms with van der Waals surface area (Å²) in [5.74, 6) is -0.139. The van der Waals surface area contributed by atoms with Crippen LogP contribution >= 0.6 is 0 Å². The number of carbonyl (C=O) groups excluding carboxylic acids is 2. The fraction of sp³-hybridized carbons (Fsp3) is 0.222. The molecule has 2 heterocycles. The predicted molar refractivity (Wildman–Crippen MR) is 127 cm³/mol. The highest BCUT2D eigenvalue weighted by Gasteiger charge is 2.54. The zero-order chi connectivity index (χ0) is 22.8. The number of amides is 2. The number of piperidine rings is 1. The lowest BCUT2D eigenvalue weighted by Crippen LogP contribution is -2.53. The molecule has 2 aliphatic heterocycles. The van der Waals surface area contributed by atoms with Crippen molar-refractivity contribution in [2.45, 2.75) is 24.4 Å². The smallest absolute Gasteiger partial charge is 0.264 e. The Morgan fingerprint density at radius 1 is 0.879 bits per heavy atom. The first-order chi connectivity index (χ1) is 16.1. The molecule has 2 N–H and O–H groups in total. The first kappa shape index (κ1) is 20.9. The summed E-state index contributed by atoms with van der Waals surface area (Å²) >= 11 is 0. The van der Waals surface area contributed by atoms with Crippen LogP contribution in [0.4, 0.5) is 0 Å². The van der Waals surface area contributed by atoms with Gasteiger partial charge in [-0.2, -0.15) is 0 Å². The van der Waals surface area contributed by atoms with Crippen molar-refractivity contribution in [1.29, 1.82) is 5.41 Å². The minimum Gasteiger partial charge on any atom is -0.337 e. The Bertz CT molecular complexity index is 1130. The Kier molecular flexibility index (Phi) is 5.42. The molecule has 2 saturated heterocycles. The number of hydrogen-bond donors (Lipinski definition) is 2. The van der Waals surface area contributed by atoms with E-state index < -0.39 is 5.54 Å². The number of hydrogen-bond acceptors (Lipinski definition) is 3. The minimum absolute atomic E-state index is 0.0381. The molecule has 6 nitrogen and oxygen atoms in total. The Hall–Kier alpha value is -3.93. The monoisotopic (exact) mass is 438 g/mol. The van der Waals surface area contributed by atoms with Gasteiger partial charge < -0.3 is 10.2 Å². The molecule has 33 heavy (non-hydrogen) atoms. The Morgan fingerprint density at radius 2 is 1.42 bits per heavy atom. The number of benzene rings is 3. The summed E-state index contributed by atoms with van der Waals surface area (Å²) in [5, 5.41) is 12.0. The van der Waals surface area contributed by atoms with Crippen molar-refractivity contribution in [3.8, 4) is 0 Å². The molecule has 0 aromatic heterocycles. The molecule has 2 aliphatic rings. The molecule has 0 spiro atoms.